The van der Waals surface area contributed by atoms with Crippen molar-refractivity contribution in [3.05, 3.63) is 71.8 Å². The summed E-state index contributed by atoms with van der Waals surface area (Å²) in [4.78, 5) is 2.73. The van der Waals surface area contributed by atoms with Gasteiger partial charge in [-0.15, -0.1) is 0 Å². The Balaban J connectivity index is 1.81. The van der Waals surface area contributed by atoms with E-state index >= 15 is 0 Å². The van der Waals surface area contributed by atoms with Crippen LogP contribution in [0, 0.1) is 0 Å². The summed E-state index contributed by atoms with van der Waals surface area (Å²) in [6.07, 6.45) is 0. The van der Waals surface area contributed by atoms with Gasteiger partial charge in [0.05, 0.1) is 0 Å². The molecule has 0 saturated heterocycles. The minimum absolute atomic E-state index is 0.411. The molecule has 0 aliphatic rings. The van der Waals surface area contributed by atoms with Crippen LogP contribution in [0.25, 0.3) is 0 Å². The van der Waals surface area contributed by atoms with Crippen molar-refractivity contribution in [2.24, 2.45) is 0 Å². The fourth-order valence-corrected chi connectivity index (χ4v) is 5.27. The third-order valence-corrected chi connectivity index (χ3v) is 6.52. The molecule has 0 atom stereocenters. The van der Waals surface area contributed by atoms with Gasteiger partial charge in [-0.05, 0) is 0 Å². The first-order chi connectivity index (χ1) is 7.45. The third-order valence-electron chi connectivity index (χ3n) is 2.62. The van der Waals surface area contributed by atoms with Crippen LogP contribution in [0.3, 0.4) is 0 Å². The minimum atomic E-state index is -0.411. The van der Waals surface area contributed by atoms with Crippen molar-refractivity contribution in [1.29, 1.82) is 0 Å². The van der Waals surface area contributed by atoms with E-state index in [-0.39, 0.29) is 0 Å². The molecule has 0 N–H and O–H groups in total. The van der Waals surface area contributed by atoms with Crippen LogP contribution in [0.4, 0.5) is 0 Å². The van der Waals surface area contributed by atoms with Gasteiger partial charge in [-0.1, -0.05) is 0 Å². The summed E-state index contributed by atoms with van der Waals surface area (Å²) in [6, 6.07) is 21.7. The molecule has 0 nitrogen and oxygen atoms in total. The molecule has 0 aliphatic heterocycles. The van der Waals surface area contributed by atoms with Gasteiger partial charge in [-0.2, -0.15) is 0 Å². The molecule has 0 aliphatic carbocycles. The van der Waals surface area contributed by atoms with Crippen LogP contribution in [0.5, 0.6) is 0 Å². The molecule has 0 bridgehead atoms. The van der Waals surface area contributed by atoms with Crippen molar-refractivity contribution in [3.63, 3.8) is 0 Å². The van der Waals surface area contributed by atoms with E-state index in [1.807, 2.05) is 0 Å². The van der Waals surface area contributed by atoms with Gasteiger partial charge in [0.15, 0.2) is 0 Å². The molecule has 0 heterocycles. The number of hydrogen-bond acceptors (Lipinski definition) is 0. The molecule has 15 heavy (non-hydrogen) atoms. The summed E-state index contributed by atoms with van der Waals surface area (Å²) < 4.78 is 0. The fraction of sp³-hybridized carbons (Fsp3) is 0.143. The number of rotatable bonds is 4. The van der Waals surface area contributed by atoms with Crippen molar-refractivity contribution in [3.8, 4) is 0 Å². The average molecular weight is 253 g/mol. The molecule has 2 aromatic rings. The van der Waals surface area contributed by atoms with Gasteiger partial charge in [0.2, 0.25) is 0 Å². The van der Waals surface area contributed by atoms with E-state index in [0.29, 0.717) is 0 Å². The Kier molecular flexibility index (Phi) is 4.12. The Morgan fingerprint density at radius 3 is 1.40 bits per heavy atom. The predicted molar refractivity (Wildman–Crippen MR) is 67.4 cm³/mol. The Hall–Kier alpha value is -0.924. The van der Waals surface area contributed by atoms with E-state index in [1.165, 1.54) is 21.1 Å². The van der Waals surface area contributed by atoms with Crippen LogP contribution >= 0.6 is 0 Å². The molecule has 74 valence electrons. The normalized spacial score (nSPS) is 9.87. The van der Waals surface area contributed by atoms with E-state index in [9.17, 15) is 0 Å². The summed E-state index contributed by atoms with van der Waals surface area (Å²) >= 11 is -0.411. The number of hydrogen-bond donors (Lipinski definition) is 0. The standard InChI is InChI=1S/2C7H7.Ga.H/c2*1-7-5-3-2-4-6-7;;/h2*2-6H,1H2;;. The first kappa shape index (κ1) is 10.6. The summed E-state index contributed by atoms with van der Waals surface area (Å²) in [6.45, 7) is 0. The molecule has 2 aromatic carbocycles. The van der Waals surface area contributed by atoms with Crippen LogP contribution in [0.1, 0.15) is 11.1 Å². The van der Waals surface area contributed by atoms with Crippen molar-refractivity contribution >= 4 is 17.4 Å². The first-order valence-electron chi connectivity index (χ1n) is 5.53. The van der Waals surface area contributed by atoms with E-state index in [4.69, 9.17) is 0 Å². The van der Waals surface area contributed by atoms with Crippen molar-refractivity contribution in [2.45, 2.75) is 9.95 Å². The summed E-state index contributed by atoms with van der Waals surface area (Å²) in [5, 5.41) is 0. The molecule has 0 fully saturated rings. The van der Waals surface area contributed by atoms with Gasteiger partial charge < -0.3 is 0 Å². The Labute approximate surface area is 99.1 Å². The van der Waals surface area contributed by atoms with Gasteiger partial charge >= 0.3 is 99.1 Å². The Morgan fingerprint density at radius 1 is 0.600 bits per heavy atom. The first-order valence-corrected chi connectivity index (χ1v) is 9.72. The second-order valence-corrected chi connectivity index (χ2v) is 7.41. The SMILES string of the molecule is c1ccc([CH2][GaH][CH2]c2ccccc2)cc1. The second kappa shape index (κ2) is 5.84. The summed E-state index contributed by atoms with van der Waals surface area (Å²) in [5.41, 5.74) is 3.04. The monoisotopic (exact) mass is 252 g/mol. The van der Waals surface area contributed by atoms with Crippen LogP contribution in [0.2, 0.25) is 0 Å². The van der Waals surface area contributed by atoms with E-state index < -0.39 is 17.4 Å². The maximum absolute atomic E-state index is 2.25. The summed E-state index contributed by atoms with van der Waals surface area (Å²) in [7, 11) is 0. The van der Waals surface area contributed by atoms with Crippen LogP contribution in [-0.2, 0) is 9.95 Å². The molecule has 0 spiro atoms. The van der Waals surface area contributed by atoms with Crippen LogP contribution < -0.4 is 0 Å². The zero-order chi connectivity index (χ0) is 10.3. The van der Waals surface area contributed by atoms with Gasteiger partial charge in [0.25, 0.3) is 0 Å². The molecular weight excluding hydrogens is 238 g/mol. The van der Waals surface area contributed by atoms with Crippen LogP contribution in [-0.4, -0.2) is 17.4 Å². The van der Waals surface area contributed by atoms with Gasteiger partial charge in [0, 0.05) is 0 Å². The van der Waals surface area contributed by atoms with Crippen molar-refractivity contribution < 1.29 is 0 Å². The third kappa shape index (κ3) is 3.61. The average Bonchev–Trinajstić information content (AvgIpc) is 2.32. The van der Waals surface area contributed by atoms with E-state index in [2.05, 4.69) is 60.7 Å². The number of benzene rings is 2. The molecular formula is C14H15Ga. The van der Waals surface area contributed by atoms with Crippen molar-refractivity contribution in [1.82, 2.24) is 0 Å². The molecule has 0 radical (unpaired) electrons. The zero-order valence-electron chi connectivity index (χ0n) is 8.89. The Morgan fingerprint density at radius 2 is 1.00 bits per heavy atom. The van der Waals surface area contributed by atoms with E-state index in [1.54, 1.807) is 0 Å². The van der Waals surface area contributed by atoms with E-state index in [0.717, 1.165) is 0 Å². The topological polar surface area (TPSA) is 0 Å². The maximum atomic E-state index is 2.25. The molecule has 1 heteroatoms. The van der Waals surface area contributed by atoms with Crippen molar-refractivity contribution in [2.75, 3.05) is 0 Å². The molecule has 0 unspecified atom stereocenters. The molecule has 0 amide bonds. The molecule has 2 rings (SSSR count). The van der Waals surface area contributed by atoms with Gasteiger partial charge in [-0.25, -0.2) is 0 Å². The quantitative estimate of drug-likeness (QED) is 0.735. The Bertz CT molecular complexity index is 341. The zero-order valence-corrected chi connectivity index (χ0v) is 11.9. The second-order valence-electron chi connectivity index (χ2n) is 3.82. The fourth-order valence-electron chi connectivity index (χ4n) is 1.79. The summed E-state index contributed by atoms with van der Waals surface area (Å²) in [5.74, 6) is 0. The molecule has 0 aromatic heterocycles. The molecule has 0 saturated carbocycles. The predicted octanol–water partition coefficient (Wildman–Crippen LogP) is 2.82. The van der Waals surface area contributed by atoms with Crippen LogP contribution in [0.15, 0.2) is 60.7 Å². The van der Waals surface area contributed by atoms with Gasteiger partial charge in [-0.3, -0.25) is 0 Å². The van der Waals surface area contributed by atoms with Gasteiger partial charge in [0.1, 0.15) is 0 Å².